The Hall–Kier alpha value is -1.20. The molecular weight excluding hydrogens is 334 g/mol. The Labute approximate surface area is 151 Å². The van der Waals surface area contributed by atoms with E-state index in [1.807, 2.05) is 11.8 Å². The van der Waals surface area contributed by atoms with Gasteiger partial charge in [-0.1, -0.05) is 27.2 Å². The highest BCUT2D eigenvalue weighted by Crippen LogP contribution is 2.42. The van der Waals surface area contributed by atoms with E-state index in [9.17, 15) is 0 Å². The molecule has 0 fully saturated rings. The summed E-state index contributed by atoms with van der Waals surface area (Å²) in [6.07, 6.45) is 7.78. The maximum atomic E-state index is 5.06. The molecule has 3 aromatic heterocycles. The molecule has 3 heterocycles. The van der Waals surface area contributed by atoms with Crippen molar-refractivity contribution < 1.29 is 0 Å². The number of fused-ring (bicyclic) bond motifs is 5. The number of hydrogen-bond donors (Lipinski definition) is 0. The molecule has 4 rings (SSSR count). The topological polar surface area (TPSA) is 38.7 Å². The number of thioether (sulfide) groups is 1. The lowest BCUT2D eigenvalue weighted by Crippen LogP contribution is -2.00. The van der Waals surface area contributed by atoms with Gasteiger partial charge in [0.05, 0.1) is 10.2 Å². The van der Waals surface area contributed by atoms with Gasteiger partial charge in [-0.25, -0.2) is 15.0 Å². The number of thiophene rings is 1. The predicted octanol–water partition coefficient (Wildman–Crippen LogP) is 5.74. The molecule has 0 saturated heterocycles. The molecule has 0 bridgehead atoms. The number of nitrogens with zero attached hydrogens (tertiary/aromatic N) is 3. The zero-order chi connectivity index (χ0) is 16.7. The zero-order valence-corrected chi connectivity index (χ0v) is 16.2. The minimum absolute atomic E-state index is 0.482. The van der Waals surface area contributed by atoms with E-state index in [1.165, 1.54) is 59.0 Å². The molecule has 3 aromatic rings. The minimum atomic E-state index is 0.482. The molecule has 0 spiro atoms. The van der Waals surface area contributed by atoms with Crippen molar-refractivity contribution in [3.8, 4) is 0 Å². The Morgan fingerprint density at radius 2 is 2.04 bits per heavy atom. The van der Waals surface area contributed by atoms with Crippen molar-refractivity contribution >= 4 is 43.5 Å². The highest BCUT2D eigenvalue weighted by molar-refractivity contribution is 7.99. The zero-order valence-electron chi connectivity index (χ0n) is 14.6. The van der Waals surface area contributed by atoms with Crippen molar-refractivity contribution in [3.05, 3.63) is 23.1 Å². The maximum absolute atomic E-state index is 5.06. The first-order valence-electron chi connectivity index (χ1n) is 8.92. The standard InChI is InChI=1S/C19H23N3S2/c1-4-5-9-23-19-17-16(20-10-21-19)14-12-7-6-8-13(12)15(11(2)3)22-18(14)24-17/h10-11H,4-9H2,1-3H3. The SMILES string of the molecule is CCCCSc1ncnc2c1sc1nc(C(C)C)c3c(c12)CCC3. The van der Waals surface area contributed by atoms with E-state index in [2.05, 4.69) is 30.7 Å². The van der Waals surface area contributed by atoms with Crippen LogP contribution < -0.4 is 0 Å². The van der Waals surface area contributed by atoms with Gasteiger partial charge < -0.3 is 0 Å². The van der Waals surface area contributed by atoms with E-state index in [1.54, 1.807) is 17.7 Å². The summed E-state index contributed by atoms with van der Waals surface area (Å²) in [6.45, 7) is 6.74. The smallest absolute Gasteiger partial charge is 0.126 e. The van der Waals surface area contributed by atoms with Crippen LogP contribution in [0.1, 0.15) is 62.8 Å². The summed E-state index contributed by atoms with van der Waals surface area (Å²) in [4.78, 5) is 15.4. The molecule has 0 unspecified atom stereocenters. The second-order valence-electron chi connectivity index (χ2n) is 6.80. The van der Waals surface area contributed by atoms with Gasteiger partial charge in [0, 0.05) is 11.1 Å². The Morgan fingerprint density at radius 3 is 2.83 bits per heavy atom. The van der Waals surface area contributed by atoms with Crippen LogP contribution in [0.4, 0.5) is 0 Å². The van der Waals surface area contributed by atoms with E-state index in [0.29, 0.717) is 5.92 Å². The molecule has 0 N–H and O–H groups in total. The average molecular weight is 358 g/mol. The van der Waals surface area contributed by atoms with Gasteiger partial charge in [-0.05, 0) is 48.5 Å². The Kier molecular flexibility index (Phi) is 4.48. The highest BCUT2D eigenvalue weighted by Gasteiger charge is 2.25. The summed E-state index contributed by atoms with van der Waals surface area (Å²) in [5.41, 5.74) is 5.44. The molecule has 0 atom stereocenters. The third-order valence-corrected chi connectivity index (χ3v) is 7.04. The van der Waals surface area contributed by atoms with Gasteiger partial charge in [0.25, 0.3) is 0 Å². The maximum Gasteiger partial charge on any atom is 0.126 e. The third kappa shape index (κ3) is 2.62. The normalized spacial score (nSPS) is 14.2. The molecule has 3 nitrogen and oxygen atoms in total. The first-order chi connectivity index (χ1) is 11.7. The van der Waals surface area contributed by atoms with Crippen LogP contribution in [0.25, 0.3) is 20.4 Å². The van der Waals surface area contributed by atoms with Gasteiger partial charge in [0.1, 0.15) is 16.2 Å². The fourth-order valence-corrected chi connectivity index (χ4v) is 5.93. The number of aryl methyl sites for hydroxylation is 1. The summed E-state index contributed by atoms with van der Waals surface area (Å²) in [5.74, 6) is 1.61. The molecule has 0 amide bonds. The van der Waals surface area contributed by atoms with E-state index in [4.69, 9.17) is 4.98 Å². The van der Waals surface area contributed by atoms with Crippen LogP contribution in [0.2, 0.25) is 0 Å². The summed E-state index contributed by atoms with van der Waals surface area (Å²) < 4.78 is 1.23. The van der Waals surface area contributed by atoms with Crippen molar-refractivity contribution in [1.29, 1.82) is 0 Å². The van der Waals surface area contributed by atoms with Crippen molar-refractivity contribution in [2.24, 2.45) is 0 Å². The van der Waals surface area contributed by atoms with Gasteiger partial charge in [0.15, 0.2) is 0 Å². The molecule has 126 valence electrons. The van der Waals surface area contributed by atoms with Crippen LogP contribution >= 0.6 is 23.1 Å². The van der Waals surface area contributed by atoms with Crippen LogP contribution in [0.5, 0.6) is 0 Å². The van der Waals surface area contributed by atoms with Gasteiger partial charge in [0.2, 0.25) is 0 Å². The molecule has 1 aliphatic carbocycles. The summed E-state index contributed by atoms with van der Waals surface area (Å²) in [5, 5.41) is 2.45. The fourth-order valence-electron chi connectivity index (χ4n) is 3.60. The van der Waals surface area contributed by atoms with E-state index in [-0.39, 0.29) is 0 Å². The average Bonchev–Trinajstić information content (AvgIpc) is 3.18. The lowest BCUT2D eigenvalue weighted by atomic mass is 9.99. The van der Waals surface area contributed by atoms with Crippen LogP contribution in [-0.2, 0) is 12.8 Å². The van der Waals surface area contributed by atoms with Crippen LogP contribution in [0.3, 0.4) is 0 Å². The fraction of sp³-hybridized carbons (Fsp3) is 0.526. The molecule has 0 aliphatic heterocycles. The monoisotopic (exact) mass is 357 g/mol. The highest BCUT2D eigenvalue weighted by atomic mass is 32.2. The second-order valence-corrected chi connectivity index (χ2v) is 8.89. The number of hydrogen-bond acceptors (Lipinski definition) is 5. The largest absolute Gasteiger partial charge is 0.241 e. The molecule has 0 radical (unpaired) electrons. The lowest BCUT2D eigenvalue weighted by Gasteiger charge is -2.11. The summed E-state index contributed by atoms with van der Waals surface area (Å²) in [6, 6.07) is 0. The van der Waals surface area contributed by atoms with Crippen molar-refractivity contribution in [2.75, 3.05) is 5.75 Å². The quantitative estimate of drug-likeness (QED) is 0.331. The number of unbranched alkanes of at least 4 members (excludes halogenated alkanes) is 1. The van der Waals surface area contributed by atoms with Gasteiger partial charge in [-0.2, -0.15) is 0 Å². The third-order valence-electron chi connectivity index (χ3n) is 4.75. The lowest BCUT2D eigenvalue weighted by molar-refractivity contribution is 0.805. The van der Waals surface area contributed by atoms with Gasteiger partial charge in [-0.15, -0.1) is 23.1 Å². The molecule has 24 heavy (non-hydrogen) atoms. The van der Waals surface area contributed by atoms with E-state index < -0.39 is 0 Å². The minimum Gasteiger partial charge on any atom is -0.241 e. The molecule has 0 aromatic carbocycles. The number of pyridine rings is 1. The van der Waals surface area contributed by atoms with Crippen molar-refractivity contribution in [2.45, 2.75) is 63.8 Å². The Bertz CT molecular complexity index is 899. The number of rotatable bonds is 5. The van der Waals surface area contributed by atoms with Crippen molar-refractivity contribution in [1.82, 2.24) is 15.0 Å². The molecule has 5 heteroatoms. The predicted molar refractivity (Wildman–Crippen MR) is 104 cm³/mol. The first kappa shape index (κ1) is 16.3. The van der Waals surface area contributed by atoms with Crippen LogP contribution in [0, 0.1) is 0 Å². The van der Waals surface area contributed by atoms with E-state index >= 15 is 0 Å². The Morgan fingerprint density at radius 1 is 1.21 bits per heavy atom. The summed E-state index contributed by atoms with van der Waals surface area (Å²) in [7, 11) is 0. The van der Waals surface area contributed by atoms with Crippen molar-refractivity contribution in [3.63, 3.8) is 0 Å². The molecule has 1 aliphatic rings. The van der Waals surface area contributed by atoms with Crippen LogP contribution in [-0.4, -0.2) is 20.7 Å². The van der Waals surface area contributed by atoms with Gasteiger partial charge in [-0.3, -0.25) is 0 Å². The van der Waals surface area contributed by atoms with E-state index in [0.717, 1.165) is 21.1 Å². The number of aromatic nitrogens is 3. The second kappa shape index (κ2) is 6.60. The summed E-state index contributed by atoms with van der Waals surface area (Å²) >= 11 is 3.65. The van der Waals surface area contributed by atoms with Crippen LogP contribution in [0.15, 0.2) is 11.4 Å². The molecular formula is C19H23N3S2. The first-order valence-corrected chi connectivity index (χ1v) is 10.7. The van der Waals surface area contributed by atoms with Gasteiger partial charge >= 0.3 is 0 Å². The Balaban J connectivity index is 1.93. The molecule has 0 saturated carbocycles.